The molecular formula is C21H22N4O3S. The van der Waals surface area contributed by atoms with Gasteiger partial charge >= 0.3 is 0 Å². The molecule has 0 spiro atoms. The maximum atomic E-state index is 12.6. The molecule has 2 heterocycles. The van der Waals surface area contributed by atoms with Crippen LogP contribution >= 0.6 is 11.8 Å². The van der Waals surface area contributed by atoms with Gasteiger partial charge in [-0.2, -0.15) is 0 Å². The fraction of sp³-hybridized carbons (Fsp3) is 0.286. The largest absolute Gasteiger partial charge is 0.455 e. The lowest BCUT2D eigenvalue weighted by Gasteiger charge is -2.10. The van der Waals surface area contributed by atoms with Gasteiger partial charge in [-0.1, -0.05) is 17.8 Å². The number of aromatic nitrogens is 2. The van der Waals surface area contributed by atoms with E-state index in [-0.39, 0.29) is 23.6 Å². The lowest BCUT2D eigenvalue weighted by Crippen LogP contribution is -2.25. The number of carbonyl (C=O) groups excluding carboxylic acids is 2. The van der Waals surface area contributed by atoms with Gasteiger partial charge in [0.25, 0.3) is 11.8 Å². The molecule has 4 rings (SSSR count). The van der Waals surface area contributed by atoms with Crippen LogP contribution in [0.1, 0.15) is 45.1 Å². The third kappa shape index (κ3) is 4.71. The smallest absolute Gasteiger partial charge is 0.291 e. The molecule has 29 heavy (non-hydrogen) atoms. The summed E-state index contributed by atoms with van der Waals surface area (Å²) >= 11 is 1.54. The molecule has 0 atom stereocenters. The molecule has 1 saturated carbocycles. The van der Waals surface area contributed by atoms with E-state index in [4.69, 9.17) is 4.42 Å². The van der Waals surface area contributed by atoms with Crippen molar-refractivity contribution in [2.45, 2.75) is 36.7 Å². The molecule has 2 amide bonds. The number of benzene rings is 1. The number of hydrogen-bond acceptors (Lipinski definition) is 5. The number of hydrogen-bond donors (Lipinski definition) is 2. The molecular weight excluding hydrogens is 388 g/mol. The van der Waals surface area contributed by atoms with Gasteiger partial charge in [0.05, 0.1) is 5.75 Å². The highest BCUT2D eigenvalue weighted by atomic mass is 32.2. The summed E-state index contributed by atoms with van der Waals surface area (Å²) in [6.07, 6.45) is 5.68. The van der Waals surface area contributed by atoms with Crippen LogP contribution in [-0.2, 0) is 12.8 Å². The number of nitrogens with one attached hydrogen (secondary N) is 2. The predicted octanol–water partition coefficient (Wildman–Crippen LogP) is 3.76. The SMILES string of the molecule is Cc1ccc(C(=O)NC2CC2)cc1NC(=O)c1ccc(CSc2nccn2C)o1. The molecule has 0 saturated heterocycles. The van der Waals surface area contributed by atoms with Crippen LogP contribution in [0.4, 0.5) is 5.69 Å². The first kappa shape index (κ1) is 19.3. The van der Waals surface area contributed by atoms with Crippen LogP contribution in [-0.4, -0.2) is 27.4 Å². The molecule has 7 nitrogen and oxygen atoms in total. The number of anilines is 1. The van der Waals surface area contributed by atoms with E-state index in [0.717, 1.165) is 23.6 Å². The predicted molar refractivity (Wildman–Crippen MR) is 111 cm³/mol. The average molecular weight is 410 g/mol. The van der Waals surface area contributed by atoms with E-state index in [1.165, 1.54) is 11.8 Å². The highest BCUT2D eigenvalue weighted by molar-refractivity contribution is 7.98. The van der Waals surface area contributed by atoms with Gasteiger partial charge in [-0.15, -0.1) is 0 Å². The normalized spacial score (nSPS) is 13.3. The van der Waals surface area contributed by atoms with E-state index in [1.54, 1.807) is 30.5 Å². The highest BCUT2D eigenvalue weighted by Gasteiger charge is 2.24. The molecule has 0 bridgehead atoms. The van der Waals surface area contributed by atoms with Crippen LogP contribution in [0.2, 0.25) is 0 Å². The first-order valence-corrected chi connectivity index (χ1v) is 10.4. The van der Waals surface area contributed by atoms with Crippen molar-refractivity contribution >= 4 is 29.3 Å². The Morgan fingerprint density at radius 1 is 1.24 bits per heavy atom. The standard InChI is InChI=1S/C21H22N4O3S/c1-13-3-4-14(19(26)23-15-5-6-15)11-17(13)24-20(27)18-8-7-16(28-18)12-29-21-22-9-10-25(21)2/h3-4,7-11,15H,5-6,12H2,1-2H3,(H,23,26)(H,24,27). The molecule has 1 fully saturated rings. The molecule has 8 heteroatoms. The third-order valence-electron chi connectivity index (χ3n) is 4.67. The second kappa shape index (κ2) is 8.16. The fourth-order valence-corrected chi connectivity index (χ4v) is 3.61. The van der Waals surface area contributed by atoms with Crippen LogP contribution in [0, 0.1) is 6.92 Å². The van der Waals surface area contributed by atoms with Crippen molar-refractivity contribution in [2.75, 3.05) is 5.32 Å². The van der Waals surface area contributed by atoms with E-state index in [2.05, 4.69) is 15.6 Å². The lowest BCUT2D eigenvalue weighted by atomic mass is 10.1. The summed E-state index contributed by atoms with van der Waals surface area (Å²) in [5, 5.41) is 6.68. The molecule has 1 aliphatic rings. The summed E-state index contributed by atoms with van der Waals surface area (Å²) in [5.41, 5.74) is 2.00. The molecule has 0 aliphatic heterocycles. The minimum atomic E-state index is -0.346. The Kier molecular flexibility index (Phi) is 5.44. The van der Waals surface area contributed by atoms with Crippen molar-refractivity contribution in [1.82, 2.24) is 14.9 Å². The summed E-state index contributed by atoms with van der Waals surface area (Å²) in [6.45, 7) is 1.88. The summed E-state index contributed by atoms with van der Waals surface area (Å²) < 4.78 is 7.61. The zero-order chi connectivity index (χ0) is 20.4. The molecule has 0 unspecified atom stereocenters. The molecule has 2 aromatic heterocycles. The quantitative estimate of drug-likeness (QED) is 0.579. The molecule has 2 N–H and O–H groups in total. The van der Waals surface area contributed by atoms with E-state index >= 15 is 0 Å². The maximum absolute atomic E-state index is 12.6. The van der Waals surface area contributed by atoms with Crippen LogP contribution in [0.25, 0.3) is 0 Å². The van der Waals surface area contributed by atoms with Gasteiger partial charge in [0.1, 0.15) is 5.76 Å². The second-order valence-corrected chi connectivity index (χ2v) is 8.05. The van der Waals surface area contributed by atoms with E-state index in [1.807, 2.05) is 30.8 Å². The summed E-state index contributed by atoms with van der Waals surface area (Å²) in [5.74, 6) is 1.04. The monoisotopic (exact) mass is 410 g/mol. The Labute approximate surface area is 172 Å². The number of imidazole rings is 1. The number of carbonyl (C=O) groups is 2. The molecule has 1 aliphatic carbocycles. The van der Waals surface area contributed by atoms with Crippen molar-refractivity contribution < 1.29 is 14.0 Å². The minimum absolute atomic E-state index is 0.116. The van der Waals surface area contributed by atoms with Gasteiger partial charge in [0, 0.05) is 36.7 Å². The molecule has 0 radical (unpaired) electrons. The minimum Gasteiger partial charge on any atom is -0.455 e. The number of thioether (sulfide) groups is 1. The summed E-state index contributed by atoms with van der Waals surface area (Å²) in [7, 11) is 1.93. The van der Waals surface area contributed by atoms with Gasteiger partial charge in [-0.25, -0.2) is 4.98 Å². The zero-order valence-corrected chi connectivity index (χ0v) is 17.1. The lowest BCUT2D eigenvalue weighted by molar-refractivity contribution is 0.0949. The third-order valence-corrected chi connectivity index (χ3v) is 5.75. The Bertz CT molecular complexity index is 1050. The second-order valence-electron chi connectivity index (χ2n) is 7.11. The van der Waals surface area contributed by atoms with Gasteiger partial charge in [0.15, 0.2) is 10.9 Å². The van der Waals surface area contributed by atoms with Gasteiger partial charge < -0.3 is 19.6 Å². The van der Waals surface area contributed by atoms with Crippen molar-refractivity contribution in [3.8, 4) is 0 Å². The molecule has 150 valence electrons. The fourth-order valence-electron chi connectivity index (χ4n) is 2.78. The van der Waals surface area contributed by atoms with E-state index in [9.17, 15) is 9.59 Å². The van der Waals surface area contributed by atoms with Crippen molar-refractivity contribution in [2.24, 2.45) is 7.05 Å². The van der Waals surface area contributed by atoms with Crippen LogP contribution in [0.5, 0.6) is 0 Å². The zero-order valence-electron chi connectivity index (χ0n) is 16.3. The maximum Gasteiger partial charge on any atom is 0.291 e. The van der Waals surface area contributed by atoms with Crippen LogP contribution in [0.3, 0.4) is 0 Å². The molecule has 3 aromatic rings. The Morgan fingerprint density at radius 3 is 2.79 bits per heavy atom. The van der Waals surface area contributed by atoms with Gasteiger partial charge in [0.2, 0.25) is 0 Å². The Balaban J connectivity index is 1.40. The van der Waals surface area contributed by atoms with Crippen molar-refractivity contribution in [3.63, 3.8) is 0 Å². The van der Waals surface area contributed by atoms with E-state index < -0.39 is 0 Å². The first-order valence-electron chi connectivity index (χ1n) is 9.41. The van der Waals surface area contributed by atoms with Crippen LogP contribution in [0.15, 0.2) is 52.3 Å². The van der Waals surface area contributed by atoms with Crippen LogP contribution < -0.4 is 10.6 Å². The number of nitrogens with zero attached hydrogens (tertiary/aromatic N) is 2. The summed E-state index contributed by atoms with van der Waals surface area (Å²) in [4.78, 5) is 29.1. The van der Waals surface area contributed by atoms with E-state index in [0.29, 0.717) is 22.8 Å². The highest BCUT2D eigenvalue weighted by Crippen LogP contribution is 2.24. The molecule has 1 aromatic carbocycles. The van der Waals surface area contributed by atoms with Crippen molar-refractivity contribution in [1.29, 1.82) is 0 Å². The number of aryl methyl sites for hydroxylation is 2. The summed E-state index contributed by atoms with van der Waals surface area (Å²) in [6, 6.07) is 9.02. The Hall–Kier alpha value is -3.00. The van der Waals surface area contributed by atoms with Crippen molar-refractivity contribution in [3.05, 3.63) is 65.4 Å². The topological polar surface area (TPSA) is 89.2 Å². The first-order chi connectivity index (χ1) is 14.0. The average Bonchev–Trinajstić information content (AvgIpc) is 3.22. The number of rotatable bonds is 7. The number of furan rings is 1. The number of amides is 2. The van der Waals surface area contributed by atoms with Gasteiger partial charge in [-0.3, -0.25) is 9.59 Å². The van der Waals surface area contributed by atoms with Gasteiger partial charge in [-0.05, 0) is 49.6 Å². The Morgan fingerprint density at radius 2 is 2.07 bits per heavy atom.